The molecule has 1 rings (SSSR count). The quantitative estimate of drug-likeness (QED) is 0.701. The number of hydrogen-bond donors (Lipinski definition) is 2. The van der Waals surface area contributed by atoms with Gasteiger partial charge in [0.15, 0.2) is 0 Å². The summed E-state index contributed by atoms with van der Waals surface area (Å²) in [7, 11) is 1.28. The molecule has 0 fully saturated rings. The summed E-state index contributed by atoms with van der Waals surface area (Å²) >= 11 is 0. The number of ether oxygens (including phenoxy) is 1. The number of esters is 1. The minimum Gasteiger partial charge on any atom is -0.467 e. The number of nitrogens with zero attached hydrogens (tertiary/aromatic N) is 1. The van der Waals surface area contributed by atoms with Crippen molar-refractivity contribution in [1.29, 1.82) is 0 Å². The van der Waals surface area contributed by atoms with Crippen molar-refractivity contribution in [1.82, 2.24) is 4.98 Å². The normalized spacial score (nSPS) is 11.9. The van der Waals surface area contributed by atoms with Crippen molar-refractivity contribution >= 4 is 11.7 Å². The van der Waals surface area contributed by atoms with Crippen LogP contribution in [0.4, 0.5) is 5.69 Å². The first-order valence-electron chi connectivity index (χ1n) is 4.55. The molecule has 1 aromatic heterocycles. The van der Waals surface area contributed by atoms with E-state index in [2.05, 4.69) is 15.0 Å². The molecule has 0 saturated heterocycles. The molecule has 0 aliphatic carbocycles. The molecular formula is C10H14N2O3. The molecular weight excluding hydrogens is 196 g/mol. The van der Waals surface area contributed by atoms with Gasteiger partial charge in [0.25, 0.3) is 0 Å². The molecule has 0 aliphatic rings. The van der Waals surface area contributed by atoms with Crippen molar-refractivity contribution in [2.45, 2.75) is 13.0 Å². The molecule has 1 aromatic rings. The van der Waals surface area contributed by atoms with Gasteiger partial charge in [0.2, 0.25) is 0 Å². The van der Waals surface area contributed by atoms with Gasteiger partial charge in [-0.3, -0.25) is 4.98 Å². The molecule has 0 spiro atoms. The number of methoxy groups -OCH3 is 1. The van der Waals surface area contributed by atoms with Gasteiger partial charge in [0.1, 0.15) is 6.04 Å². The van der Waals surface area contributed by atoms with Crippen LogP contribution in [0.25, 0.3) is 0 Å². The summed E-state index contributed by atoms with van der Waals surface area (Å²) in [5, 5.41) is 11.9. The largest absolute Gasteiger partial charge is 0.467 e. The van der Waals surface area contributed by atoms with E-state index in [1.807, 2.05) is 6.92 Å². The highest BCUT2D eigenvalue weighted by atomic mass is 16.5. The number of rotatable bonds is 4. The van der Waals surface area contributed by atoms with E-state index in [1.54, 1.807) is 18.5 Å². The van der Waals surface area contributed by atoms with Crippen LogP contribution in [0.15, 0.2) is 18.5 Å². The molecule has 0 radical (unpaired) electrons. The van der Waals surface area contributed by atoms with Crippen molar-refractivity contribution in [3.8, 4) is 0 Å². The van der Waals surface area contributed by atoms with Crippen LogP contribution in [0.5, 0.6) is 0 Å². The number of nitrogens with one attached hydrogen (secondary N) is 1. The van der Waals surface area contributed by atoms with Crippen LogP contribution in [-0.2, 0) is 9.53 Å². The second kappa shape index (κ2) is 5.31. The standard InChI is InChI=1S/C10H14N2O3/c1-7-5-11-4-3-8(7)12-9(6-13)10(14)15-2/h3-5,9,13H,6H2,1-2H3,(H,11,12). The highest BCUT2D eigenvalue weighted by molar-refractivity contribution is 5.79. The van der Waals surface area contributed by atoms with Crippen molar-refractivity contribution < 1.29 is 14.6 Å². The van der Waals surface area contributed by atoms with E-state index in [-0.39, 0.29) is 6.61 Å². The summed E-state index contributed by atoms with van der Waals surface area (Å²) in [5.41, 5.74) is 1.66. The molecule has 0 bridgehead atoms. The molecule has 82 valence electrons. The summed E-state index contributed by atoms with van der Waals surface area (Å²) in [6.45, 7) is 1.55. The smallest absolute Gasteiger partial charge is 0.330 e. The van der Waals surface area contributed by atoms with Crippen molar-refractivity contribution in [3.63, 3.8) is 0 Å². The first-order chi connectivity index (χ1) is 7.19. The monoisotopic (exact) mass is 210 g/mol. The van der Waals surface area contributed by atoms with Crippen molar-refractivity contribution in [2.75, 3.05) is 19.0 Å². The van der Waals surface area contributed by atoms with Gasteiger partial charge in [-0.05, 0) is 18.6 Å². The topological polar surface area (TPSA) is 71.5 Å². The van der Waals surface area contributed by atoms with Gasteiger partial charge < -0.3 is 15.2 Å². The number of anilines is 1. The van der Waals surface area contributed by atoms with Gasteiger partial charge in [0, 0.05) is 18.1 Å². The van der Waals surface area contributed by atoms with E-state index < -0.39 is 12.0 Å². The number of carbonyl (C=O) groups is 1. The van der Waals surface area contributed by atoms with Crippen molar-refractivity contribution in [2.24, 2.45) is 0 Å². The van der Waals surface area contributed by atoms with Crippen LogP contribution >= 0.6 is 0 Å². The van der Waals surface area contributed by atoms with Crippen molar-refractivity contribution in [3.05, 3.63) is 24.0 Å². The average Bonchev–Trinajstić information content (AvgIpc) is 2.27. The van der Waals surface area contributed by atoms with E-state index >= 15 is 0 Å². The number of aliphatic hydroxyl groups excluding tert-OH is 1. The predicted octanol–water partition coefficient (Wildman–Crippen LogP) is 0.336. The Hall–Kier alpha value is -1.62. The zero-order chi connectivity index (χ0) is 11.3. The van der Waals surface area contributed by atoms with Gasteiger partial charge in [-0.25, -0.2) is 4.79 Å². The van der Waals surface area contributed by atoms with Gasteiger partial charge in [-0.1, -0.05) is 0 Å². The molecule has 0 aromatic carbocycles. The first-order valence-corrected chi connectivity index (χ1v) is 4.55. The van der Waals surface area contributed by atoms with Gasteiger partial charge in [0.05, 0.1) is 13.7 Å². The Bertz CT molecular complexity index is 341. The lowest BCUT2D eigenvalue weighted by atomic mass is 10.2. The lowest BCUT2D eigenvalue weighted by molar-refractivity contribution is -0.142. The number of hydrogen-bond acceptors (Lipinski definition) is 5. The van der Waals surface area contributed by atoms with Crippen LogP contribution in [-0.4, -0.2) is 35.8 Å². The fourth-order valence-electron chi connectivity index (χ4n) is 1.14. The molecule has 0 amide bonds. The van der Waals surface area contributed by atoms with E-state index in [9.17, 15) is 4.79 Å². The summed E-state index contributed by atoms with van der Waals surface area (Å²) in [5.74, 6) is -0.492. The summed E-state index contributed by atoms with van der Waals surface area (Å²) in [6.07, 6.45) is 3.29. The van der Waals surface area contributed by atoms with E-state index in [0.717, 1.165) is 11.3 Å². The predicted molar refractivity (Wildman–Crippen MR) is 55.5 cm³/mol. The Balaban J connectivity index is 2.75. The maximum absolute atomic E-state index is 11.2. The molecule has 1 heterocycles. The Morgan fingerprint density at radius 1 is 1.73 bits per heavy atom. The van der Waals surface area contributed by atoms with Gasteiger partial charge in [-0.15, -0.1) is 0 Å². The lowest BCUT2D eigenvalue weighted by Crippen LogP contribution is -2.34. The summed E-state index contributed by atoms with van der Waals surface area (Å²) in [6, 6.07) is 0.997. The highest BCUT2D eigenvalue weighted by Gasteiger charge is 2.18. The summed E-state index contributed by atoms with van der Waals surface area (Å²) < 4.78 is 4.54. The molecule has 2 N–H and O–H groups in total. The zero-order valence-corrected chi connectivity index (χ0v) is 8.73. The minimum absolute atomic E-state index is 0.311. The van der Waals surface area contributed by atoms with Crippen LogP contribution in [0.2, 0.25) is 0 Å². The molecule has 0 aliphatic heterocycles. The fraction of sp³-hybridized carbons (Fsp3) is 0.400. The Morgan fingerprint density at radius 3 is 3.00 bits per heavy atom. The average molecular weight is 210 g/mol. The second-order valence-corrected chi connectivity index (χ2v) is 3.09. The number of aryl methyl sites for hydroxylation is 1. The van der Waals surface area contributed by atoms with Crippen LogP contribution in [0.1, 0.15) is 5.56 Å². The summed E-state index contributed by atoms with van der Waals surface area (Å²) in [4.78, 5) is 15.1. The Morgan fingerprint density at radius 2 is 2.47 bits per heavy atom. The zero-order valence-electron chi connectivity index (χ0n) is 8.73. The first kappa shape index (κ1) is 11.5. The highest BCUT2D eigenvalue weighted by Crippen LogP contribution is 2.13. The maximum atomic E-state index is 11.2. The van der Waals surface area contributed by atoms with E-state index in [0.29, 0.717) is 0 Å². The number of aliphatic hydroxyl groups is 1. The number of aromatic nitrogens is 1. The van der Waals surface area contributed by atoms with Crippen LogP contribution in [0.3, 0.4) is 0 Å². The molecule has 1 atom stereocenters. The maximum Gasteiger partial charge on any atom is 0.330 e. The Kier molecular flexibility index (Phi) is 4.05. The number of carbonyl (C=O) groups excluding carboxylic acids is 1. The third-order valence-corrected chi connectivity index (χ3v) is 2.02. The second-order valence-electron chi connectivity index (χ2n) is 3.09. The van der Waals surface area contributed by atoms with E-state index in [1.165, 1.54) is 7.11 Å². The van der Waals surface area contributed by atoms with Crippen LogP contribution < -0.4 is 5.32 Å². The fourth-order valence-corrected chi connectivity index (χ4v) is 1.14. The van der Waals surface area contributed by atoms with Crippen LogP contribution in [0, 0.1) is 6.92 Å². The molecule has 1 unspecified atom stereocenters. The van der Waals surface area contributed by atoms with Gasteiger partial charge in [-0.2, -0.15) is 0 Å². The molecule has 5 heteroatoms. The van der Waals surface area contributed by atoms with E-state index in [4.69, 9.17) is 5.11 Å². The molecule has 15 heavy (non-hydrogen) atoms. The number of pyridine rings is 1. The SMILES string of the molecule is COC(=O)C(CO)Nc1ccncc1C. The third-order valence-electron chi connectivity index (χ3n) is 2.02. The lowest BCUT2D eigenvalue weighted by Gasteiger charge is -2.16. The molecule has 0 saturated carbocycles. The molecule has 5 nitrogen and oxygen atoms in total. The van der Waals surface area contributed by atoms with Gasteiger partial charge >= 0.3 is 5.97 Å². The Labute approximate surface area is 88.1 Å². The minimum atomic E-state index is -0.740. The third kappa shape index (κ3) is 2.92.